The van der Waals surface area contributed by atoms with Crippen molar-refractivity contribution in [2.45, 2.75) is 13.3 Å². The summed E-state index contributed by atoms with van der Waals surface area (Å²) in [5.74, 6) is 1.54. The van der Waals surface area contributed by atoms with Gasteiger partial charge in [-0.25, -0.2) is 0 Å². The van der Waals surface area contributed by atoms with Gasteiger partial charge in [-0.2, -0.15) is 0 Å². The molecule has 0 saturated carbocycles. The summed E-state index contributed by atoms with van der Waals surface area (Å²) in [4.78, 5) is 0. The van der Waals surface area contributed by atoms with Gasteiger partial charge in [-0.3, -0.25) is 0 Å². The van der Waals surface area contributed by atoms with Crippen LogP contribution < -0.4 is 15.2 Å². The van der Waals surface area contributed by atoms with Crippen molar-refractivity contribution in [3.05, 3.63) is 24.3 Å². The van der Waals surface area contributed by atoms with Gasteiger partial charge in [0.1, 0.15) is 6.61 Å². The first-order chi connectivity index (χ1) is 8.38. The van der Waals surface area contributed by atoms with Crippen molar-refractivity contribution in [2.75, 3.05) is 33.0 Å². The molecule has 0 fully saturated rings. The van der Waals surface area contributed by atoms with Crippen LogP contribution in [0.5, 0.6) is 11.5 Å². The van der Waals surface area contributed by atoms with E-state index in [1.165, 1.54) is 0 Å². The van der Waals surface area contributed by atoms with E-state index >= 15 is 0 Å². The Morgan fingerprint density at radius 2 is 1.71 bits per heavy atom. The monoisotopic (exact) mass is 239 g/mol. The molecule has 1 aromatic carbocycles. The molecular formula is C13H21NO3. The number of rotatable bonds is 9. The van der Waals surface area contributed by atoms with Crippen LogP contribution in [-0.4, -0.2) is 33.0 Å². The lowest BCUT2D eigenvalue weighted by atomic mass is 10.3. The smallest absolute Gasteiger partial charge is 0.161 e. The summed E-state index contributed by atoms with van der Waals surface area (Å²) >= 11 is 0. The first-order valence-electron chi connectivity index (χ1n) is 6.01. The highest BCUT2D eigenvalue weighted by Gasteiger charge is 2.02. The van der Waals surface area contributed by atoms with Crippen LogP contribution in [0, 0.1) is 0 Å². The number of ether oxygens (including phenoxy) is 3. The Hall–Kier alpha value is -1.26. The third kappa shape index (κ3) is 5.56. The lowest BCUT2D eigenvalue weighted by molar-refractivity contribution is 0.0981. The topological polar surface area (TPSA) is 53.7 Å². The molecule has 96 valence electrons. The number of hydrogen-bond acceptors (Lipinski definition) is 4. The van der Waals surface area contributed by atoms with Crippen molar-refractivity contribution in [3.8, 4) is 11.5 Å². The van der Waals surface area contributed by atoms with Gasteiger partial charge in [0.25, 0.3) is 0 Å². The van der Waals surface area contributed by atoms with E-state index in [1.54, 1.807) is 0 Å². The van der Waals surface area contributed by atoms with E-state index in [-0.39, 0.29) is 0 Å². The first-order valence-corrected chi connectivity index (χ1v) is 6.01. The SMILES string of the molecule is CCOc1ccccc1OCCOCCCN. The predicted octanol–water partition coefficient (Wildman–Crippen LogP) is 1.83. The molecule has 0 amide bonds. The molecule has 2 N–H and O–H groups in total. The van der Waals surface area contributed by atoms with Crippen LogP contribution in [0.25, 0.3) is 0 Å². The second-order valence-corrected chi connectivity index (χ2v) is 3.48. The second kappa shape index (κ2) is 8.84. The second-order valence-electron chi connectivity index (χ2n) is 3.48. The molecule has 1 aromatic rings. The molecule has 0 spiro atoms. The Morgan fingerprint density at radius 3 is 2.35 bits per heavy atom. The van der Waals surface area contributed by atoms with Gasteiger partial charge in [0.05, 0.1) is 13.2 Å². The molecule has 0 atom stereocenters. The zero-order valence-electron chi connectivity index (χ0n) is 10.4. The Kier molecular flexibility index (Phi) is 7.18. The van der Waals surface area contributed by atoms with Crippen molar-refractivity contribution in [1.29, 1.82) is 0 Å². The summed E-state index contributed by atoms with van der Waals surface area (Å²) in [5.41, 5.74) is 5.36. The van der Waals surface area contributed by atoms with E-state index in [4.69, 9.17) is 19.9 Å². The van der Waals surface area contributed by atoms with E-state index in [0.29, 0.717) is 33.0 Å². The number of nitrogens with two attached hydrogens (primary N) is 1. The van der Waals surface area contributed by atoms with Crippen LogP contribution in [0.3, 0.4) is 0 Å². The van der Waals surface area contributed by atoms with Crippen LogP contribution in [0.15, 0.2) is 24.3 Å². The van der Waals surface area contributed by atoms with Crippen LogP contribution in [-0.2, 0) is 4.74 Å². The molecule has 0 unspecified atom stereocenters. The molecular weight excluding hydrogens is 218 g/mol. The van der Waals surface area contributed by atoms with Crippen LogP contribution in [0.2, 0.25) is 0 Å². The lowest BCUT2D eigenvalue weighted by Gasteiger charge is -2.11. The minimum atomic E-state index is 0.522. The highest BCUT2D eigenvalue weighted by Crippen LogP contribution is 2.26. The van der Waals surface area contributed by atoms with Gasteiger partial charge in [-0.15, -0.1) is 0 Å². The number of benzene rings is 1. The quantitative estimate of drug-likeness (QED) is 0.668. The Morgan fingerprint density at radius 1 is 1.00 bits per heavy atom. The molecule has 1 rings (SSSR count). The van der Waals surface area contributed by atoms with E-state index < -0.39 is 0 Å². The molecule has 0 aliphatic heterocycles. The molecule has 17 heavy (non-hydrogen) atoms. The van der Waals surface area contributed by atoms with Gasteiger partial charge >= 0.3 is 0 Å². The molecule has 4 heteroatoms. The summed E-state index contributed by atoms with van der Waals surface area (Å²) < 4.78 is 16.4. The summed E-state index contributed by atoms with van der Waals surface area (Å²) in [6.45, 7) is 5.02. The van der Waals surface area contributed by atoms with Crippen LogP contribution in [0.4, 0.5) is 0 Å². The summed E-state index contributed by atoms with van der Waals surface area (Å²) in [6, 6.07) is 7.64. The average Bonchev–Trinajstić information content (AvgIpc) is 2.36. The molecule has 0 aliphatic rings. The third-order valence-electron chi connectivity index (χ3n) is 2.13. The van der Waals surface area contributed by atoms with Gasteiger partial charge in [0.15, 0.2) is 11.5 Å². The molecule has 0 saturated heterocycles. The van der Waals surface area contributed by atoms with Gasteiger partial charge in [0, 0.05) is 6.61 Å². The zero-order chi connectivity index (χ0) is 12.3. The minimum Gasteiger partial charge on any atom is -0.490 e. The maximum atomic E-state index is 5.59. The van der Waals surface area contributed by atoms with Crippen molar-refractivity contribution in [3.63, 3.8) is 0 Å². The number of para-hydroxylation sites is 2. The summed E-state index contributed by atoms with van der Waals surface area (Å²) in [6.07, 6.45) is 0.884. The van der Waals surface area contributed by atoms with Crippen molar-refractivity contribution < 1.29 is 14.2 Å². The fourth-order valence-corrected chi connectivity index (χ4v) is 1.34. The van der Waals surface area contributed by atoms with E-state index in [9.17, 15) is 0 Å². The highest BCUT2D eigenvalue weighted by atomic mass is 16.5. The van der Waals surface area contributed by atoms with Gasteiger partial charge in [-0.1, -0.05) is 12.1 Å². The fourth-order valence-electron chi connectivity index (χ4n) is 1.34. The standard InChI is InChI=1S/C13H21NO3/c1-2-16-12-6-3-4-7-13(12)17-11-10-15-9-5-8-14/h3-4,6-7H,2,5,8-11,14H2,1H3. The predicted molar refractivity (Wildman–Crippen MR) is 67.6 cm³/mol. The Balaban J connectivity index is 2.25. The number of hydrogen-bond donors (Lipinski definition) is 1. The minimum absolute atomic E-state index is 0.522. The first kappa shape index (κ1) is 13.8. The maximum absolute atomic E-state index is 5.59. The molecule has 0 aliphatic carbocycles. The molecule has 4 nitrogen and oxygen atoms in total. The average molecular weight is 239 g/mol. The van der Waals surface area contributed by atoms with Crippen LogP contribution in [0.1, 0.15) is 13.3 Å². The fraction of sp³-hybridized carbons (Fsp3) is 0.538. The third-order valence-corrected chi connectivity index (χ3v) is 2.13. The van der Waals surface area contributed by atoms with E-state index in [1.807, 2.05) is 31.2 Å². The van der Waals surface area contributed by atoms with E-state index in [2.05, 4.69) is 0 Å². The molecule has 0 bridgehead atoms. The van der Waals surface area contributed by atoms with Gasteiger partial charge < -0.3 is 19.9 Å². The normalized spacial score (nSPS) is 10.2. The van der Waals surface area contributed by atoms with Crippen molar-refractivity contribution in [1.82, 2.24) is 0 Å². The Labute approximate surface area is 103 Å². The maximum Gasteiger partial charge on any atom is 0.161 e. The van der Waals surface area contributed by atoms with E-state index in [0.717, 1.165) is 17.9 Å². The van der Waals surface area contributed by atoms with Gasteiger partial charge in [-0.05, 0) is 32.0 Å². The van der Waals surface area contributed by atoms with Crippen molar-refractivity contribution in [2.24, 2.45) is 5.73 Å². The van der Waals surface area contributed by atoms with Gasteiger partial charge in [0.2, 0.25) is 0 Å². The zero-order valence-corrected chi connectivity index (χ0v) is 10.4. The van der Waals surface area contributed by atoms with Crippen LogP contribution >= 0.6 is 0 Å². The lowest BCUT2D eigenvalue weighted by Crippen LogP contribution is -2.10. The summed E-state index contributed by atoms with van der Waals surface area (Å²) in [5, 5.41) is 0. The Bertz CT molecular complexity index is 304. The summed E-state index contributed by atoms with van der Waals surface area (Å²) in [7, 11) is 0. The van der Waals surface area contributed by atoms with Crippen molar-refractivity contribution >= 4 is 0 Å². The highest BCUT2D eigenvalue weighted by molar-refractivity contribution is 5.39. The molecule has 0 radical (unpaired) electrons. The largest absolute Gasteiger partial charge is 0.490 e. The molecule has 0 heterocycles. The molecule has 0 aromatic heterocycles.